The van der Waals surface area contributed by atoms with Gasteiger partial charge >= 0.3 is 6.09 Å². The van der Waals surface area contributed by atoms with E-state index in [0.717, 1.165) is 6.42 Å². The van der Waals surface area contributed by atoms with E-state index >= 15 is 0 Å². The zero-order chi connectivity index (χ0) is 15.0. The molecular formula is C16H25NO3. The number of allylic oxidation sites excluding steroid dienone is 2. The van der Waals surface area contributed by atoms with Crippen LogP contribution in [0.5, 0.6) is 0 Å². The lowest BCUT2D eigenvalue weighted by atomic mass is 9.74. The lowest BCUT2D eigenvalue weighted by Gasteiger charge is -2.35. The molecule has 0 aromatic rings. The van der Waals surface area contributed by atoms with Crippen LogP contribution in [0.4, 0.5) is 4.79 Å². The molecular weight excluding hydrogens is 254 g/mol. The highest BCUT2D eigenvalue weighted by atomic mass is 16.6. The fourth-order valence-electron chi connectivity index (χ4n) is 3.58. The first-order valence-corrected chi connectivity index (χ1v) is 7.50. The highest BCUT2D eigenvalue weighted by molar-refractivity contribution is 5.95. The monoisotopic (exact) mass is 279 g/mol. The van der Waals surface area contributed by atoms with Gasteiger partial charge in [-0.3, -0.25) is 4.79 Å². The SMILES string of the molecule is CC1=C[C@H](C)[C@H](C(=O)N2C(=O)OC[C@@H]2C(C)C)[C@@H](C)C1. The van der Waals surface area contributed by atoms with E-state index in [2.05, 4.69) is 26.8 Å². The molecule has 0 N–H and O–H groups in total. The second-order valence-electron chi connectivity index (χ2n) is 6.68. The highest BCUT2D eigenvalue weighted by Crippen LogP contribution is 2.36. The molecule has 0 bridgehead atoms. The number of carbonyl (C=O) groups excluding carboxylic acids is 2. The smallest absolute Gasteiger partial charge is 0.416 e. The summed E-state index contributed by atoms with van der Waals surface area (Å²) < 4.78 is 5.09. The van der Waals surface area contributed by atoms with Gasteiger partial charge < -0.3 is 4.74 Å². The molecule has 20 heavy (non-hydrogen) atoms. The lowest BCUT2D eigenvalue weighted by Crippen LogP contribution is -2.48. The molecule has 2 rings (SSSR count). The van der Waals surface area contributed by atoms with Gasteiger partial charge in [0, 0.05) is 5.92 Å². The predicted molar refractivity (Wildman–Crippen MR) is 77.0 cm³/mol. The Hall–Kier alpha value is -1.32. The third-order valence-corrected chi connectivity index (χ3v) is 4.57. The first-order valence-electron chi connectivity index (χ1n) is 7.50. The summed E-state index contributed by atoms with van der Waals surface area (Å²) in [6.07, 6.45) is 2.61. The van der Waals surface area contributed by atoms with Crippen molar-refractivity contribution < 1.29 is 14.3 Å². The second-order valence-corrected chi connectivity index (χ2v) is 6.68. The standard InChI is InChI=1S/C16H25NO3/c1-9(2)13-8-20-16(19)17(13)15(18)14-11(4)6-10(3)7-12(14)5/h6,9,11-14H,7-8H2,1-5H3/t11-,12-,13+,14-/m0/s1. The van der Waals surface area contributed by atoms with Crippen LogP contribution < -0.4 is 0 Å². The zero-order valence-corrected chi connectivity index (χ0v) is 13.1. The molecule has 0 saturated carbocycles. The molecule has 2 amide bonds. The maximum atomic E-state index is 12.8. The third-order valence-electron chi connectivity index (χ3n) is 4.57. The summed E-state index contributed by atoms with van der Waals surface area (Å²) in [5.74, 6) is 0.480. The van der Waals surface area contributed by atoms with Gasteiger partial charge in [0.05, 0.1) is 6.04 Å². The first-order chi connectivity index (χ1) is 9.32. The number of amides is 2. The van der Waals surface area contributed by atoms with Crippen LogP contribution in [0.2, 0.25) is 0 Å². The highest BCUT2D eigenvalue weighted by Gasteiger charge is 2.45. The van der Waals surface area contributed by atoms with E-state index in [1.807, 2.05) is 13.8 Å². The summed E-state index contributed by atoms with van der Waals surface area (Å²) in [5.41, 5.74) is 1.33. The van der Waals surface area contributed by atoms with Crippen molar-refractivity contribution in [1.82, 2.24) is 4.90 Å². The van der Waals surface area contributed by atoms with Crippen LogP contribution in [0.15, 0.2) is 11.6 Å². The summed E-state index contributed by atoms with van der Waals surface area (Å²) >= 11 is 0. The molecule has 1 aliphatic carbocycles. The van der Waals surface area contributed by atoms with E-state index in [0.29, 0.717) is 6.61 Å². The second kappa shape index (κ2) is 5.58. The van der Waals surface area contributed by atoms with Crippen molar-refractivity contribution in [3.05, 3.63) is 11.6 Å². The van der Waals surface area contributed by atoms with Crippen LogP contribution in [0.25, 0.3) is 0 Å². The van der Waals surface area contributed by atoms with E-state index in [4.69, 9.17) is 4.74 Å². The molecule has 2 aliphatic rings. The quantitative estimate of drug-likeness (QED) is 0.729. The molecule has 4 atom stereocenters. The molecule has 0 aromatic heterocycles. The van der Waals surface area contributed by atoms with E-state index in [1.165, 1.54) is 10.5 Å². The van der Waals surface area contributed by atoms with E-state index < -0.39 is 6.09 Å². The number of nitrogens with zero attached hydrogens (tertiary/aromatic N) is 1. The van der Waals surface area contributed by atoms with Crippen LogP contribution in [-0.2, 0) is 9.53 Å². The Bertz CT molecular complexity index is 441. The van der Waals surface area contributed by atoms with Crippen LogP contribution in [0.1, 0.15) is 41.0 Å². The predicted octanol–water partition coefficient (Wildman–Crippen LogP) is 3.23. The summed E-state index contributed by atoms with van der Waals surface area (Å²) in [4.78, 5) is 26.1. The molecule has 4 heteroatoms. The minimum absolute atomic E-state index is 0.0602. The van der Waals surface area contributed by atoms with Crippen molar-refractivity contribution in [2.24, 2.45) is 23.7 Å². The summed E-state index contributed by atoms with van der Waals surface area (Å²) in [5, 5.41) is 0. The van der Waals surface area contributed by atoms with Crippen LogP contribution in [0.3, 0.4) is 0 Å². The molecule has 112 valence electrons. The van der Waals surface area contributed by atoms with Crippen molar-refractivity contribution >= 4 is 12.0 Å². The van der Waals surface area contributed by atoms with Crippen molar-refractivity contribution in [2.45, 2.75) is 47.1 Å². The molecule has 0 radical (unpaired) electrons. The largest absolute Gasteiger partial charge is 0.447 e. The van der Waals surface area contributed by atoms with Gasteiger partial charge in [0.15, 0.2) is 0 Å². The van der Waals surface area contributed by atoms with E-state index in [1.54, 1.807) is 0 Å². The molecule has 0 unspecified atom stereocenters. The number of ether oxygens (including phenoxy) is 1. The Balaban J connectivity index is 2.24. The number of rotatable bonds is 2. The lowest BCUT2D eigenvalue weighted by molar-refractivity contribution is -0.137. The summed E-state index contributed by atoms with van der Waals surface area (Å²) in [6, 6.07) is -0.124. The van der Waals surface area contributed by atoms with E-state index in [9.17, 15) is 9.59 Å². The number of imide groups is 1. The fourth-order valence-corrected chi connectivity index (χ4v) is 3.58. The number of carbonyl (C=O) groups is 2. The number of hydrogen-bond donors (Lipinski definition) is 0. The minimum atomic E-state index is -0.473. The zero-order valence-electron chi connectivity index (χ0n) is 13.1. The molecule has 1 saturated heterocycles. The van der Waals surface area contributed by atoms with Crippen LogP contribution >= 0.6 is 0 Å². The molecule has 0 aromatic carbocycles. The van der Waals surface area contributed by atoms with Gasteiger partial charge in [0.25, 0.3) is 0 Å². The van der Waals surface area contributed by atoms with E-state index in [-0.39, 0.29) is 35.6 Å². The Morgan fingerprint density at radius 3 is 2.60 bits per heavy atom. The van der Waals surface area contributed by atoms with Gasteiger partial charge in [0.2, 0.25) is 5.91 Å². The first kappa shape index (κ1) is 15.1. The average Bonchev–Trinajstić information content (AvgIpc) is 2.69. The Morgan fingerprint density at radius 1 is 1.40 bits per heavy atom. The Labute approximate surface area is 121 Å². The van der Waals surface area contributed by atoms with Gasteiger partial charge in [-0.15, -0.1) is 0 Å². The van der Waals surface area contributed by atoms with Gasteiger partial charge in [-0.2, -0.15) is 0 Å². The Morgan fingerprint density at radius 2 is 2.05 bits per heavy atom. The topological polar surface area (TPSA) is 46.6 Å². The molecule has 1 heterocycles. The number of cyclic esters (lactones) is 1. The summed E-state index contributed by atoms with van der Waals surface area (Å²) in [7, 11) is 0. The molecule has 4 nitrogen and oxygen atoms in total. The molecule has 0 spiro atoms. The van der Waals surface area contributed by atoms with Crippen molar-refractivity contribution in [3.8, 4) is 0 Å². The van der Waals surface area contributed by atoms with Crippen LogP contribution in [0, 0.1) is 23.7 Å². The summed E-state index contributed by atoms with van der Waals surface area (Å²) in [6.45, 7) is 10.6. The van der Waals surface area contributed by atoms with Crippen molar-refractivity contribution in [1.29, 1.82) is 0 Å². The van der Waals surface area contributed by atoms with Gasteiger partial charge in [0.1, 0.15) is 6.61 Å². The third kappa shape index (κ3) is 2.60. The Kier molecular flexibility index (Phi) is 4.21. The minimum Gasteiger partial charge on any atom is -0.447 e. The van der Waals surface area contributed by atoms with Gasteiger partial charge in [-0.1, -0.05) is 39.3 Å². The fraction of sp³-hybridized carbons (Fsp3) is 0.750. The average molecular weight is 279 g/mol. The normalized spacial score (nSPS) is 34.2. The van der Waals surface area contributed by atoms with Gasteiger partial charge in [-0.05, 0) is 31.1 Å². The maximum Gasteiger partial charge on any atom is 0.416 e. The molecule has 1 fully saturated rings. The van der Waals surface area contributed by atoms with Gasteiger partial charge in [-0.25, -0.2) is 9.69 Å². The van der Waals surface area contributed by atoms with Crippen LogP contribution in [-0.4, -0.2) is 29.5 Å². The maximum absolute atomic E-state index is 12.8. The molecule has 1 aliphatic heterocycles. The number of hydrogen-bond acceptors (Lipinski definition) is 3. The van der Waals surface area contributed by atoms with Crippen molar-refractivity contribution in [3.63, 3.8) is 0 Å². The van der Waals surface area contributed by atoms with Crippen molar-refractivity contribution in [2.75, 3.05) is 6.61 Å².